The fourth-order valence-corrected chi connectivity index (χ4v) is 2.26. The van der Waals surface area contributed by atoms with E-state index in [0.29, 0.717) is 6.04 Å². The minimum Gasteiger partial charge on any atom is -0.382 e. The molecule has 0 fully saturated rings. The summed E-state index contributed by atoms with van der Waals surface area (Å²) in [7, 11) is 0. The molecule has 2 rings (SSSR count). The molecule has 0 amide bonds. The van der Waals surface area contributed by atoms with Crippen LogP contribution in [0.1, 0.15) is 73.6 Å². The quantitative estimate of drug-likeness (QED) is 0.597. The Balaban J connectivity index is 0.000000772. The lowest BCUT2D eigenvalue weighted by molar-refractivity contribution is 0.645. The third-order valence-corrected chi connectivity index (χ3v) is 3.33. The maximum absolute atomic E-state index is 5.98. The van der Waals surface area contributed by atoms with Crippen molar-refractivity contribution >= 4 is 28.2 Å². The van der Waals surface area contributed by atoms with Gasteiger partial charge in [0.1, 0.15) is 0 Å². The molecule has 0 aliphatic carbocycles. The predicted molar refractivity (Wildman–Crippen MR) is 111 cm³/mol. The molecular weight excluding hydrogens is 316 g/mol. The van der Waals surface area contributed by atoms with Crippen molar-refractivity contribution in [3.05, 3.63) is 35.5 Å². The molecule has 0 saturated carbocycles. The van der Waals surface area contributed by atoms with Crippen LogP contribution in [-0.2, 0) is 0 Å². The van der Waals surface area contributed by atoms with E-state index in [2.05, 4.69) is 51.8 Å². The Kier molecular flexibility index (Phi) is 13.3. The Morgan fingerprint density at radius 1 is 1.04 bits per heavy atom. The van der Waals surface area contributed by atoms with Gasteiger partial charge in [-0.1, -0.05) is 71.9 Å². The molecule has 1 N–H and O–H groups in total. The highest BCUT2D eigenvalue weighted by Crippen LogP contribution is 2.25. The monoisotopic (exact) mass is 350 g/mol. The summed E-state index contributed by atoms with van der Waals surface area (Å²) < 4.78 is 0. The molecule has 136 valence electrons. The number of pyridine rings is 1. The van der Waals surface area contributed by atoms with Crippen molar-refractivity contribution in [2.24, 2.45) is 0 Å². The smallest absolute Gasteiger partial charge is 0.0737 e. The number of hydrogen-bond acceptors (Lipinski definition) is 2. The largest absolute Gasteiger partial charge is 0.382 e. The van der Waals surface area contributed by atoms with E-state index in [-0.39, 0.29) is 0 Å². The van der Waals surface area contributed by atoms with Crippen LogP contribution in [0.3, 0.4) is 0 Å². The molecule has 1 heterocycles. The van der Waals surface area contributed by atoms with E-state index in [9.17, 15) is 0 Å². The van der Waals surface area contributed by atoms with Crippen LogP contribution in [0.2, 0.25) is 5.02 Å². The van der Waals surface area contributed by atoms with Crippen molar-refractivity contribution in [1.29, 1.82) is 0 Å². The summed E-state index contributed by atoms with van der Waals surface area (Å²) in [6.07, 6.45) is 8.00. The Labute approximate surface area is 154 Å². The van der Waals surface area contributed by atoms with Crippen molar-refractivity contribution in [3.63, 3.8) is 0 Å². The van der Waals surface area contributed by atoms with Crippen LogP contribution in [0.4, 0.5) is 5.69 Å². The molecule has 0 bridgehead atoms. The highest BCUT2D eigenvalue weighted by molar-refractivity contribution is 6.31. The van der Waals surface area contributed by atoms with Crippen molar-refractivity contribution in [2.75, 3.05) is 5.32 Å². The number of unbranched alkanes of at least 4 members (excludes halogenated alkanes) is 1. The summed E-state index contributed by atoms with van der Waals surface area (Å²) in [5.74, 6) is 0. The second-order valence-electron chi connectivity index (χ2n) is 6.12. The fourth-order valence-electron chi connectivity index (χ4n) is 2.10. The van der Waals surface area contributed by atoms with Gasteiger partial charge < -0.3 is 5.32 Å². The van der Waals surface area contributed by atoms with Crippen molar-refractivity contribution < 1.29 is 0 Å². The molecule has 0 radical (unpaired) electrons. The van der Waals surface area contributed by atoms with E-state index in [1.54, 1.807) is 0 Å². The van der Waals surface area contributed by atoms with Crippen LogP contribution >= 0.6 is 11.6 Å². The van der Waals surface area contributed by atoms with Gasteiger partial charge in [0.2, 0.25) is 0 Å². The average Bonchev–Trinajstić information content (AvgIpc) is 2.54. The van der Waals surface area contributed by atoms with Crippen molar-refractivity contribution in [3.8, 4) is 0 Å². The number of halogens is 1. The van der Waals surface area contributed by atoms with Gasteiger partial charge in [0.05, 0.1) is 5.52 Å². The molecule has 24 heavy (non-hydrogen) atoms. The summed E-state index contributed by atoms with van der Waals surface area (Å²) in [5.41, 5.74) is 2.08. The van der Waals surface area contributed by atoms with Gasteiger partial charge >= 0.3 is 0 Å². The first-order chi connectivity index (χ1) is 11.5. The molecule has 1 unspecified atom stereocenters. The molecule has 0 aliphatic heterocycles. The predicted octanol–water partition coefficient (Wildman–Crippen LogP) is 7.71. The van der Waals surface area contributed by atoms with Crippen molar-refractivity contribution in [2.45, 2.75) is 79.7 Å². The molecule has 2 aromatic rings. The van der Waals surface area contributed by atoms with Crippen LogP contribution in [0, 0.1) is 0 Å². The lowest BCUT2D eigenvalue weighted by Gasteiger charge is -2.16. The summed E-state index contributed by atoms with van der Waals surface area (Å²) in [6, 6.07) is 8.34. The number of nitrogens with one attached hydrogen (secondary N) is 1. The van der Waals surface area contributed by atoms with E-state index in [1.807, 2.05) is 30.5 Å². The molecule has 1 aromatic carbocycles. The Morgan fingerprint density at radius 3 is 2.25 bits per heavy atom. The average molecular weight is 351 g/mol. The Hall–Kier alpha value is -1.28. The van der Waals surface area contributed by atoms with Crippen LogP contribution in [0.25, 0.3) is 10.9 Å². The number of aromatic nitrogens is 1. The molecule has 2 nitrogen and oxygen atoms in total. The van der Waals surface area contributed by atoms with Crippen LogP contribution in [0.5, 0.6) is 0 Å². The molecule has 0 aliphatic rings. The number of anilines is 1. The van der Waals surface area contributed by atoms with Gasteiger partial charge in [0.25, 0.3) is 0 Å². The third kappa shape index (κ3) is 9.12. The van der Waals surface area contributed by atoms with Gasteiger partial charge in [0, 0.05) is 28.3 Å². The Morgan fingerprint density at radius 2 is 1.67 bits per heavy atom. The number of rotatable bonds is 5. The lowest BCUT2D eigenvalue weighted by Crippen LogP contribution is -2.15. The molecule has 3 heteroatoms. The summed E-state index contributed by atoms with van der Waals surface area (Å²) in [6.45, 7) is 12.9. The first-order valence-corrected chi connectivity index (χ1v) is 9.72. The SMILES string of the molecule is CCC.CCC.CCCCC(C)Nc1ccnc2cc(Cl)ccc12. The molecule has 0 spiro atoms. The zero-order valence-electron chi connectivity index (χ0n) is 16.3. The van der Waals surface area contributed by atoms with Gasteiger partial charge in [-0.3, -0.25) is 4.98 Å². The van der Waals surface area contributed by atoms with Gasteiger partial charge in [-0.05, 0) is 37.6 Å². The second kappa shape index (κ2) is 14.1. The molecular formula is C21H35ClN2. The van der Waals surface area contributed by atoms with Crippen LogP contribution in [-0.4, -0.2) is 11.0 Å². The lowest BCUT2D eigenvalue weighted by atomic mass is 10.1. The van der Waals surface area contributed by atoms with Gasteiger partial charge in [-0.2, -0.15) is 0 Å². The number of hydrogen-bond donors (Lipinski definition) is 1. The van der Waals surface area contributed by atoms with E-state index in [1.165, 1.54) is 32.1 Å². The zero-order valence-corrected chi connectivity index (χ0v) is 17.1. The summed E-state index contributed by atoms with van der Waals surface area (Å²) >= 11 is 5.98. The summed E-state index contributed by atoms with van der Waals surface area (Å²) in [5, 5.41) is 5.41. The van der Waals surface area contributed by atoms with Crippen LogP contribution < -0.4 is 5.32 Å². The molecule has 0 saturated heterocycles. The van der Waals surface area contributed by atoms with E-state index in [4.69, 9.17) is 11.6 Å². The number of benzene rings is 1. The van der Waals surface area contributed by atoms with Crippen molar-refractivity contribution in [1.82, 2.24) is 4.98 Å². The molecule has 1 aromatic heterocycles. The number of nitrogens with zero attached hydrogens (tertiary/aromatic N) is 1. The van der Waals surface area contributed by atoms with E-state index in [0.717, 1.165) is 21.6 Å². The normalized spacial score (nSPS) is 11.0. The minimum absolute atomic E-state index is 0.478. The fraction of sp³-hybridized carbons (Fsp3) is 0.571. The third-order valence-electron chi connectivity index (χ3n) is 3.10. The zero-order chi connectivity index (χ0) is 18.4. The standard InChI is InChI=1S/C15H19ClN2.2C3H8/c1-3-4-5-11(2)18-14-8-9-17-15-10-12(16)6-7-13(14)15;2*1-3-2/h6-11H,3-5H2,1-2H3,(H,17,18);2*3H2,1-2H3. The minimum atomic E-state index is 0.478. The maximum atomic E-state index is 5.98. The van der Waals surface area contributed by atoms with Gasteiger partial charge in [0.15, 0.2) is 0 Å². The van der Waals surface area contributed by atoms with E-state index < -0.39 is 0 Å². The second-order valence-corrected chi connectivity index (χ2v) is 6.56. The van der Waals surface area contributed by atoms with Gasteiger partial charge in [-0.25, -0.2) is 0 Å². The topological polar surface area (TPSA) is 24.9 Å². The first-order valence-electron chi connectivity index (χ1n) is 9.34. The first kappa shape index (κ1) is 22.7. The molecule has 1 atom stereocenters. The summed E-state index contributed by atoms with van der Waals surface area (Å²) in [4.78, 5) is 4.35. The van der Waals surface area contributed by atoms with Crippen LogP contribution in [0.15, 0.2) is 30.5 Å². The Bertz CT molecular complexity index is 553. The van der Waals surface area contributed by atoms with E-state index >= 15 is 0 Å². The maximum Gasteiger partial charge on any atom is 0.0737 e. The van der Waals surface area contributed by atoms with Gasteiger partial charge in [-0.15, -0.1) is 0 Å². The highest BCUT2D eigenvalue weighted by atomic mass is 35.5. The highest BCUT2D eigenvalue weighted by Gasteiger charge is 2.06. The number of fused-ring (bicyclic) bond motifs is 1.